The first-order valence-corrected chi connectivity index (χ1v) is 8.53. The highest BCUT2D eigenvalue weighted by molar-refractivity contribution is 5.77. The number of para-hydroxylation sites is 1. The summed E-state index contributed by atoms with van der Waals surface area (Å²) in [6.07, 6.45) is 5.60. The lowest BCUT2D eigenvalue weighted by atomic mass is 10.2. The summed E-state index contributed by atoms with van der Waals surface area (Å²) in [7, 11) is 1.76. The Morgan fingerprint density at radius 2 is 2.04 bits per heavy atom. The number of nitrogens with zero attached hydrogens (tertiary/aromatic N) is 5. The number of aryl methyl sites for hydroxylation is 1. The van der Waals surface area contributed by atoms with Crippen molar-refractivity contribution >= 4 is 16.8 Å². The lowest BCUT2D eigenvalue weighted by Crippen LogP contribution is -2.30. The number of rotatable bonds is 6. The summed E-state index contributed by atoms with van der Waals surface area (Å²) in [4.78, 5) is 38.9. The van der Waals surface area contributed by atoms with Crippen LogP contribution in [0.1, 0.15) is 31.5 Å². The zero-order valence-electron chi connectivity index (χ0n) is 14.9. The quantitative estimate of drug-likeness (QED) is 0.680. The highest BCUT2D eigenvalue weighted by atomic mass is 16.2. The van der Waals surface area contributed by atoms with Crippen LogP contribution in [0.2, 0.25) is 0 Å². The van der Waals surface area contributed by atoms with Crippen molar-refractivity contribution in [2.45, 2.75) is 32.4 Å². The fourth-order valence-electron chi connectivity index (χ4n) is 2.80. The molecule has 0 aliphatic heterocycles. The van der Waals surface area contributed by atoms with Gasteiger partial charge in [0.25, 0.3) is 5.56 Å². The van der Waals surface area contributed by atoms with Crippen LogP contribution >= 0.6 is 0 Å². The molecule has 26 heavy (non-hydrogen) atoms. The third kappa shape index (κ3) is 3.77. The molecule has 1 aromatic carbocycles. The maximum atomic E-state index is 12.4. The number of benzene rings is 1. The molecule has 0 bridgehead atoms. The Bertz CT molecular complexity index is 955. The van der Waals surface area contributed by atoms with Crippen molar-refractivity contribution < 1.29 is 4.79 Å². The number of fused-ring (bicyclic) bond motifs is 1. The van der Waals surface area contributed by atoms with E-state index in [0.717, 1.165) is 5.69 Å². The molecule has 0 radical (unpaired) electrons. The SMILES string of the molecule is C[C@H](c1ccncn1)N(C)C(=O)CCCn1cnc2ccccc2c1=O. The topological polar surface area (TPSA) is 81.0 Å². The Morgan fingerprint density at radius 1 is 1.23 bits per heavy atom. The third-order valence-corrected chi connectivity index (χ3v) is 4.53. The molecule has 0 saturated carbocycles. The second-order valence-corrected chi connectivity index (χ2v) is 6.18. The van der Waals surface area contributed by atoms with E-state index in [4.69, 9.17) is 0 Å². The second kappa shape index (κ2) is 7.86. The number of hydrogen-bond donors (Lipinski definition) is 0. The summed E-state index contributed by atoms with van der Waals surface area (Å²) in [6, 6.07) is 8.93. The molecule has 134 valence electrons. The van der Waals surface area contributed by atoms with Crippen molar-refractivity contribution in [3.8, 4) is 0 Å². The van der Waals surface area contributed by atoms with E-state index in [2.05, 4.69) is 15.0 Å². The molecule has 0 aliphatic rings. The van der Waals surface area contributed by atoms with Crippen molar-refractivity contribution in [3.63, 3.8) is 0 Å². The fourth-order valence-corrected chi connectivity index (χ4v) is 2.80. The highest BCUT2D eigenvalue weighted by Gasteiger charge is 2.18. The number of carbonyl (C=O) groups is 1. The molecule has 0 saturated heterocycles. The molecule has 0 spiro atoms. The standard InChI is InChI=1S/C19H21N5O2/c1-14(16-9-10-20-12-21-16)23(2)18(25)8-5-11-24-13-22-17-7-4-3-6-15(17)19(24)26/h3-4,6-7,9-10,12-14H,5,8,11H2,1-2H3/t14-/m1/s1. The number of carbonyl (C=O) groups excluding carboxylic acids is 1. The van der Waals surface area contributed by atoms with Crippen molar-refractivity contribution in [1.82, 2.24) is 24.4 Å². The lowest BCUT2D eigenvalue weighted by Gasteiger charge is -2.24. The van der Waals surface area contributed by atoms with Crippen LogP contribution in [-0.2, 0) is 11.3 Å². The molecular formula is C19H21N5O2. The summed E-state index contributed by atoms with van der Waals surface area (Å²) < 4.78 is 1.56. The molecule has 1 atom stereocenters. The van der Waals surface area contributed by atoms with Crippen molar-refractivity contribution in [1.29, 1.82) is 0 Å². The number of aromatic nitrogens is 4. The molecule has 3 rings (SSSR count). The van der Waals surface area contributed by atoms with Crippen molar-refractivity contribution in [2.24, 2.45) is 0 Å². The van der Waals surface area contributed by atoms with Crippen LogP contribution in [0.25, 0.3) is 10.9 Å². The molecule has 7 heteroatoms. The van der Waals surface area contributed by atoms with Crippen LogP contribution in [0, 0.1) is 0 Å². The van der Waals surface area contributed by atoms with E-state index in [-0.39, 0.29) is 17.5 Å². The maximum Gasteiger partial charge on any atom is 0.261 e. The smallest absolute Gasteiger partial charge is 0.261 e. The Hall–Kier alpha value is -3.09. The van der Waals surface area contributed by atoms with Gasteiger partial charge in [-0.2, -0.15) is 0 Å². The van der Waals surface area contributed by atoms with Crippen LogP contribution in [-0.4, -0.2) is 37.4 Å². The Morgan fingerprint density at radius 3 is 2.81 bits per heavy atom. The Labute approximate surface area is 151 Å². The Kier molecular flexibility index (Phi) is 5.36. The van der Waals surface area contributed by atoms with Gasteiger partial charge in [-0.3, -0.25) is 14.2 Å². The molecule has 2 aromatic heterocycles. The average molecular weight is 351 g/mol. The molecule has 7 nitrogen and oxygen atoms in total. The molecule has 1 amide bonds. The van der Waals surface area contributed by atoms with Crippen molar-refractivity contribution in [3.05, 3.63) is 65.2 Å². The zero-order valence-corrected chi connectivity index (χ0v) is 14.9. The first kappa shape index (κ1) is 17.7. The van der Waals surface area contributed by atoms with E-state index in [1.165, 1.54) is 6.33 Å². The van der Waals surface area contributed by atoms with E-state index < -0.39 is 0 Å². The van der Waals surface area contributed by atoms with Crippen LogP contribution < -0.4 is 5.56 Å². The van der Waals surface area contributed by atoms with Gasteiger partial charge in [-0.25, -0.2) is 15.0 Å². The Balaban J connectivity index is 1.60. The summed E-state index contributed by atoms with van der Waals surface area (Å²) in [5.74, 6) is 0.0120. The van der Waals surface area contributed by atoms with Gasteiger partial charge in [0.1, 0.15) is 6.33 Å². The molecule has 3 aromatic rings. The summed E-state index contributed by atoms with van der Waals surface area (Å²) >= 11 is 0. The van der Waals surface area contributed by atoms with Gasteiger partial charge >= 0.3 is 0 Å². The van der Waals surface area contributed by atoms with Gasteiger partial charge in [-0.15, -0.1) is 0 Å². The first-order valence-electron chi connectivity index (χ1n) is 8.53. The predicted molar refractivity (Wildman–Crippen MR) is 98.5 cm³/mol. The zero-order chi connectivity index (χ0) is 18.5. The maximum absolute atomic E-state index is 12.4. The van der Waals surface area contributed by atoms with E-state index in [0.29, 0.717) is 30.3 Å². The minimum atomic E-state index is -0.129. The highest BCUT2D eigenvalue weighted by Crippen LogP contribution is 2.16. The van der Waals surface area contributed by atoms with Crippen LogP contribution in [0.4, 0.5) is 0 Å². The molecule has 0 N–H and O–H groups in total. The lowest BCUT2D eigenvalue weighted by molar-refractivity contribution is -0.132. The average Bonchev–Trinajstić information content (AvgIpc) is 2.69. The molecule has 0 fully saturated rings. The minimum Gasteiger partial charge on any atom is -0.337 e. The van der Waals surface area contributed by atoms with E-state index in [1.54, 1.807) is 41.2 Å². The number of hydrogen-bond acceptors (Lipinski definition) is 5. The van der Waals surface area contributed by atoms with Gasteiger partial charge in [0.15, 0.2) is 0 Å². The third-order valence-electron chi connectivity index (χ3n) is 4.53. The fraction of sp³-hybridized carbons (Fsp3) is 0.316. The van der Waals surface area contributed by atoms with Crippen LogP contribution in [0.5, 0.6) is 0 Å². The molecule has 2 heterocycles. The van der Waals surface area contributed by atoms with E-state index in [1.807, 2.05) is 25.1 Å². The molecule has 0 unspecified atom stereocenters. The predicted octanol–water partition coefficient (Wildman–Crippen LogP) is 2.19. The summed E-state index contributed by atoms with van der Waals surface area (Å²) in [5, 5.41) is 0.593. The molecular weight excluding hydrogens is 330 g/mol. The van der Waals surface area contributed by atoms with Gasteiger partial charge in [-0.1, -0.05) is 12.1 Å². The van der Waals surface area contributed by atoms with E-state index >= 15 is 0 Å². The van der Waals surface area contributed by atoms with E-state index in [9.17, 15) is 9.59 Å². The van der Waals surface area contributed by atoms with Gasteiger partial charge in [0.05, 0.1) is 29.0 Å². The monoisotopic (exact) mass is 351 g/mol. The van der Waals surface area contributed by atoms with Crippen molar-refractivity contribution in [2.75, 3.05) is 7.05 Å². The van der Waals surface area contributed by atoms with Gasteiger partial charge in [0, 0.05) is 26.2 Å². The largest absolute Gasteiger partial charge is 0.337 e. The molecule has 0 aliphatic carbocycles. The minimum absolute atomic E-state index is 0.0120. The van der Waals surface area contributed by atoms with Crippen LogP contribution in [0.3, 0.4) is 0 Å². The summed E-state index contributed by atoms with van der Waals surface area (Å²) in [5.41, 5.74) is 1.40. The number of amides is 1. The normalized spacial score (nSPS) is 12.1. The second-order valence-electron chi connectivity index (χ2n) is 6.18. The van der Waals surface area contributed by atoms with Crippen LogP contribution in [0.15, 0.2) is 54.0 Å². The van der Waals surface area contributed by atoms with Gasteiger partial charge in [-0.05, 0) is 31.5 Å². The summed E-state index contributed by atoms with van der Waals surface area (Å²) in [6.45, 7) is 2.39. The first-order chi connectivity index (χ1) is 12.6. The van der Waals surface area contributed by atoms with Gasteiger partial charge < -0.3 is 4.90 Å². The van der Waals surface area contributed by atoms with Gasteiger partial charge in [0.2, 0.25) is 5.91 Å².